The molecule has 0 aromatic carbocycles. The molecule has 1 heterocycles. The molecule has 4 nitrogen and oxygen atoms in total. The number of allylic oxidation sites excluding steroid dienone is 4. The first-order chi connectivity index (χ1) is 7.69. The molecule has 1 N–H and O–H groups in total. The van der Waals surface area contributed by atoms with Gasteiger partial charge in [0.1, 0.15) is 5.69 Å². The maximum atomic E-state index is 11.1. The number of carboxylic acids is 1. The summed E-state index contributed by atoms with van der Waals surface area (Å²) in [5, 5.41) is 13.2. The molecule has 0 aliphatic heterocycles. The molecule has 1 aromatic heterocycles. The highest BCUT2D eigenvalue weighted by molar-refractivity contribution is 5.85. The summed E-state index contributed by atoms with van der Waals surface area (Å²) in [6.07, 6.45) is 11.1. The van der Waals surface area contributed by atoms with Crippen molar-refractivity contribution in [3.8, 4) is 0 Å². The Morgan fingerprint density at radius 2 is 2.44 bits per heavy atom. The van der Waals surface area contributed by atoms with Crippen molar-refractivity contribution in [1.82, 2.24) is 9.78 Å². The van der Waals surface area contributed by atoms with Crippen molar-refractivity contribution in [1.29, 1.82) is 0 Å². The van der Waals surface area contributed by atoms with Gasteiger partial charge in [-0.1, -0.05) is 31.2 Å². The molecule has 0 fully saturated rings. The second-order valence-electron chi connectivity index (χ2n) is 3.88. The van der Waals surface area contributed by atoms with E-state index in [0.29, 0.717) is 0 Å². The Kier molecular flexibility index (Phi) is 2.64. The largest absolute Gasteiger partial charge is 0.477 e. The Morgan fingerprint density at radius 1 is 1.62 bits per heavy atom. The van der Waals surface area contributed by atoms with E-state index in [4.69, 9.17) is 5.11 Å². The number of hydrogen-bond donors (Lipinski definition) is 1. The van der Waals surface area contributed by atoms with E-state index in [1.54, 1.807) is 4.68 Å². The third-order valence-corrected chi connectivity index (χ3v) is 3.02. The van der Waals surface area contributed by atoms with Gasteiger partial charge in [-0.05, 0) is 18.9 Å². The van der Waals surface area contributed by atoms with Crippen LogP contribution < -0.4 is 0 Å². The van der Waals surface area contributed by atoms with Gasteiger partial charge >= 0.3 is 5.97 Å². The van der Waals surface area contributed by atoms with Gasteiger partial charge < -0.3 is 5.11 Å². The zero-order valence-electron chi connectivity index (χ0n) is 9.13. The van der Waals surface area contributed by atoms with E-state index in [1.165, 1.54) is 12.3 Å². The van der Waals surface area contributed by atoms with Crippen molar-refractivity contribution in [2.75, 3.05) is 0 Å². The van der Waals surface area contributed by atoms with Crippen LogP contribution >= 0.6 is 0 Å². The van der Waals surface area contributed by atoms with Gasteiger partial charge in [-0.25, -0.2) is 9.48 Å². The second-order valence-corrected chi connectivity index (χ2v) is 3.88. The molecule has 1 atom stereocenters. The zero-order valence-corrected chi connectivity index (χ0v) is 9.13. The lowest BCUT2D eigenvalue weighted by Gasteiger charge is -2.31. The van der Waals surface area contributed by atoms with E-state index >= 15 is 0 Å². The van der Waals surface area contributed by atoms with Crippen LogP contribution in [0.15, 0.2) is 36.6 Å². The fourth-order valence-electron chi connectivity index (χ4n) is 2.04. The maximum Gasteiger partial charge on any atom is 0.354 e. The second kappa shape index (κ2) is 3.96. The lowest BCUT2D eigenvalue weighted by atomic mass is 9.88. The molecule has 1 aliphatic carbocycles. The van der Waals surface area contributed by atoms with Gasteiger partial charge in [-0.3, -0.25) is 0 Å². The SMILES string of the molecule is CC[C@]1(n2nccc2C(=O)O)C=CC=CC1. The summed E-state index contributed by atoms with van der Waals surface area (Å²) in [4.78, 5) is 11.1. The first kappa shape index (κ1) is 10.7. The molecule has 2 rings (SSSR count). The van der Waals surface area contributed by atoms with E-state index in [-0.39, 0.29) is 11.2 Å². The highest BCUT2D eigenvalue weighted by Crippen LogP contribution is 2.30. The van der Waals surface area contributed by atoms with Crippen LogP contribution in [0, 0.1) is 0 Å². The molecule has 1 aromatic rings. The van der Waals surface area contributed by atoms with Crippen LogP contribution in [0.2, 0.25) is 0 Å². The van der Waals surface area contributed by atoms with Gasteiger partial charge in [0, 0.05) is 6.20 Å². The Morgan fingerprint density at radius 3 is 3.00 bits per heavy atom. The minimum Gasteiger partial charge on any atom is -0.477 e. The molecule has 16 heavy (non-hydrogen) atoms. The number of hydrogen-bond acceptors (Lipinski definition) is 2. The molecular formula is C12H14N2O2. The number of nitrogens with zero attached hydrogens (tertiary/aromatic N) is 2. The van der Waals surface area contributed by atoms with Crippen LogP contribution in [0.25, 0.3) is 0 Å². The van der Waals surface area contributed by atoms with Crippen LogP contribution in [0.4, 0.5) is 0 Å². The molecule has 0 amide bonds. The molecular weight excluding hydrogens is 204 g/mol. The molecule has 0 saturated carbocycles. The molecule has 0 unspecified atom stereocenters. The number of aromatic nitrogens is 2. The summed E-state index contributed by atoms with van der Waals surface area (Å²) >= 11 is 0. The smallest absolute Gasteiger partial charge is 0.354 e. The summed E-state index contributed by atoms with van der Waals surface area (Å²) in [7, 11) is 0. The standard InChI is InChI=1S/C12H14N2O2/c1-2-12(7-4-3-5-8-12)14-10(11(15)16)6-9-13-14/h3-7,9H,2,8H2,1H3,(H,15,16)/t12-/m0/s1. The average molecular weight is 218 g/mol. The molecule has 0 saturated heterocycles. The molecule has 84 valence electrons. The monoisotopic (exact) mass is 218 g/mol. The van der Waals surface area contributed by atoms with Gasteiger partial charge in [0.05, 0.1) is 5.54 Å². The fourth-order valence-corrected chi connectivity index (χ4v) is 2.04. The third-order valence-electron chi connectivity index (χ3n) is 3.02. The van der Waals surface area contributed by atoms with Crippen molar-refractivity contribution in [3.63, 3.8) is 0 Å². The minimum atomic E-state index is -0.937. The van der Waals surface area contributed by atoms with E-state index in [9.17, 15) is 4.79 Å². The summed E-state index contributed by atoms with van der Waals surface area (Å²) < 4.78 is 1.61. The molecule has 0 bridgehead atoms. The lowest BCUT2D eigenvalue weighted by molar-refractivity contribution is 0.0674. The number of carboxylic acid groups (broad SMARTS) is 1. The van der Waals surface area contributed by atoms with Gasteiger partial charge in [-0.15, -0.1) is 0 Å². The number of carbonyl (C=O) groups is 1. The lowest BCUT2D eigenvalue weighted by Crippen LogP contribution is -2.34. The average Bonchev–Trinajstić information content (AvgIpc) is 2.79. The predicted octanol–water partition coefficient (Wildman–Crippen LogP) is 2.20. The molecule has 4 heteroatoms. The first-order valence-electron chi connectivity index (χ1n) is 5.32. The molecule has 0 radical (unpaired) electrons. The van der Waals surface area contributed by atoms with Crippen molar-refractivity contribution >= 4 is 5.97 Å². The van der Waals surface area contributed by atoms with Crippen molar-refractivity contribution in [2.24, 2.45) is 0 Å². The highest BCUT2D eigenvalue weighted by atomic mass is 16.4. The summed E-state index contributed by atoms with van der Waals surface area (Å²) in [5.74, 6) is -0.937. The van der Waals surface area contributed by atoms with Gasteiger partial charge in [0.15, 0.2) is 0 Å². The topological polar surface area (TPSA) is 55.1 Å². The fraction of sp³-hybridized carbons (Fsp3) is 0.333. The van der Waals surface area contributed by atoms with E-state index in [0.717, 1.165) is 12.8 Å². The van der Waals surface area contributed by atoms with E-state index in [1.807, 2.05) is 31.2 Å². The van der Waals surface area contributed by atoms with Crippen LogP contribution in [-0.4, -0.2) is 20.9 Å². The highest BCUT2D eigenvalue weighted by Gasteiger charge is 2.31. The Hall–Kier alpha value is -1.84. The van der Waals surface area contributed by atoms with Crippen molar-refractivity contribution in [3.05, 3.63) is 42.3 Å². The Labute approximate surface area is 93.9 Å². The minimum absolute atomic E-state index is 0.238. The summed E-state index contributed by atoms with van der Waals surface area (Å²) in [5.41, 5.74) is -0.0896. The molecule has 1 aliphatic rings. The van der Waals surface area contributed by atoms with Crippen molar-refractivity contribution in [2.45, 2.75) is 25.3 Å². The number of aromatic carboxylic acids is 1. The molecule has 0 spiro atoms. The van der Waals surface area contributed by atoms with E-state index in [2.05, 4.69) is 5.10 Å². The normalized spacial score (nSPS) is 23.6. The number of rotatable bonds is 3. The summed E-state index contributed by atoms with van der Waals surface area (Å²) in [6, 6.07) is 1.53. The Balaban J connectivity index is 2.48. The summed E-state index contributed by atoms with van der Waals surface area (Å²) in [6.45, 7) is 2.04. The zero-order chi connectivity index (χ0) is 11.6. The van der Waals surface area contributed by atoms with Crippen LogP contribution in [0.5, 0.6) is 0 Å². The quantitative estimate of drug-likeness (QED) is 0.846. The predicted molar refractivity (Wildman–Crippen MR) is 60.3 cm³/mol. The van der Waals surface area contributed by atoms with Crippen LogP contribution in [-0.2, 0) is 5.54 Å². The van der Waals surface area contributed by atoms with Gasteiger partial charge in [0.25, 0.3) is 0 Å². The maximum absolute atomic E-state index is 11.1. The van der Waals surface area contributed by atoms with E-state index < -0.39 is 5.97 Å². The van der Waals surface area contributed by atoms with Gasteiger partial charge in [0.2, 0.25) is 0 Å². The van der Waals surface area contributed by atoms with Gasteiger partial charge in [-0.2, -0.15) is 5.10 Å². The first-order valence-corrected chi connectivity index (χ1v) is 5.32. The third kappa shape index (κ3) is 1.56. The van der Waals surface area contributed by atoms with Crippen LogP contribution in [0.1, 0.15) is 30.3 Å². The Bertz CT molecular complexity index is 459. The van der Waals surface area contributed by atoms with Crippen LogP contribution in [0.3, 0.4) is 0 Å². The van der Waals surface area contributed by atoms with Crippen molar-refractivity contribution < 1.29 is 9.90 Å².